The van der Waals surface area contributed by atoms with Crippen LogP contribution in [-0.2, 0) is 5.41 Å². The van der Waals surface area contributed by atoms with Gasteiger partial charge in [-0.05, 0) is 125 Å². The van der Waals surface area contributed by atoms with Crippen molar-refractivity contribution in [2.75, 3.05) is 0 Å². The number of furan rings is 2. The first-order chi connectivity index (χ1) is 32.7. The Hall–Kier alpha value is -7.63. The van der Waals surface area contributed by atoms with Gasteiger partial charge in [0.1, 0.15) is 22.3 Å². The molecule has 0 saturated heterocycles. The molecule has 66 heavy (non-hydrogen) atoms. The molecule has 3 aromatic heterocycles. The Kier molecular flexibility index (Phi) is 7.61. The second kappa shape index (κ2) is 13.7. The lowest BCUT2D eigenvalue weighted by molar-refractivity contribution is -0.0399. The summed E-state index contributed by atoms with van der Waals surface area (Å²) in [6.45, 7) is 0. The summed E-state index contributed by atoms with van der Waals surface area (Å²) in [6.07, 6.45) is 6.60. The van der Waals surface area contributed by atoms with Crippen LogP contribution in [0.4, 0.5) is 0 Å². The average Bonchev–Trinajstić information content (AvgIpc) is 4.04. The van der Waals surface area contributed by atoms with Gasteiger partial charge in [-0.15, -0.1) is 0 Å². The van der Waals surface area contributed by atoms with Crippen LogP contribution in [0.2, 0.25) is 0 Å². The quantitative estimate of drug-likeness (QED) is 0.173. The van der Waals surface area contributed by atoms with Crippen LogP contribution < -0.4 is 0 Å². The number of rotatable bonds is 5. The first-order valence-corrected chi connectivity index (χ1v) is 23.7. The molecule has 5 aliphatic carbocycles. The van der Waals surface area contributed by atoms with Crippen molar-refractivity contribution in [1.82, 2.24) is 15.0 Å². The maximum absolute atomic E-state index is 6.92. The summed E-state index contributed by atoms with van der Waals surface area (Å²) >= 11 is 0. The third-order valence-electron chi connectivity index (χ3n) is 16.1. The van der Waals surface area contributed by atoms with E-state index in [-0.39, 0.29) is 5.41 Å². The minimum atomic E-state index is -0.0674. The Morgan fingerprint density at radius 1 is 0.364 bits per heavy atom. The van der Waals surface area contributed by atoms with Crippen LogP contribution in [0.15, 0.2) is 185 Å². The molecule has 1 spiro atoms. The van der Waals surface area contributed by atoms with E-state index >= 15 is 0 Å². The third kappa shape index (κ3) is 5.14. The molecule has 11 aromatic rings. The largest absolute Gasteiger partial charge is 0.456 e. The van der Waals surface area contributed by atoms with Gasteiger partial charge >= 0.3 is 0 Å². The molecule has 16 rings (SSSR count). The summed E-state index contributed by atoms with van der Waals surface area (Å²) < 4.78 is 13.4. The molecule has 5 heteroatoms. The molecular formula is C61H43N3O2. The zero-order chi connectivity index (χ0) is 43.1. The summed E-state index contributed by atoms with van der Waals surface area (Å²) in [5, 5.41) is 4.43. The molecule has 3 heterocycles. The summed E-state index contributed by atoms with van der Waals surface area (Å²) in [5.74, 6) is 4.76. The van der Waals surface area contributed by atoms with E-state index in [1.807, 2.05) is 18.2 Å². The van der Waals surface area contributed by atoms with Gasteiger partial charge in [0, 0.05) is 43.7 Å². The van der Waals surface area contributed by atoms with Crippen LogP contribution in [0.25, 0.3) is 111 Å². The van der Waals surface area contributed by atoms with Crippen molar-refractivity contribution in [1.29, 1.82) is 0 Å². The number of aromatic nitrogens is 3. The van der Waals surface area contributed by atoms with E-state index in [0.717, 1.165) is 83.5 Å². The van der Waals surface area contributed by atoms with Crippen LogP contribution in [0, 0.1) is 23.7 Å². The molecule has 4 fully saturated rings. The van der Waals surface area contributed by atoms with Crippen LogP contribution in [0.3, 0.4) is 0 Å². The second-order valence-corrected chi connectivity index (χ2v) is 19.5. The summed E-state index contributed by atoms with van der Waals surface area (Å²) in [5.41, 5.74) is 16.6. The maximum atomic E-state index is 6.92. The molecule has 0 unspecified atom stereocenters. The molecular weight excluding hydrogens is 807 g/mol. The average molecular weight is 850 g/mol. The minimum Gasteiger partial charge on any atom is -0.456 e. The minimum absolute atomic E-state index is 0.0674. The number of fused-ring (bicyclic) bond motifs is 9. The van der Waals surface area contributed by atoms with Crippen molar-refractivity contribution in [3.05, 3.63) is 187 Å². The fourth-order valence-electron chi connectivity index (χ4n) is 13.7. The Morgan fingerprint density at radius 2 is 0.955 bits per heavy atom. The molecule has 0 N–H and O–H groups in total. The fraction of sp³-hybridized carbons (Fsp3) is 0.164. The molecule has 5 aliphatic rings. The predicted octanol–water partition coefficient (Wildman–Crippen LogP) is 15.7. The number of nitrogens with zero attached hydrogens (tertiary/aromatic N) is 3. The third-order valence-corrected chi connectivity index (χ3v) is 16.1. The van der Waals surface area contributed by atoms with E-state index in [4.69, 9.17) is 23.8 Å². The highest BCUT2D eigenvalue weighted by Crippen LogP contribution is 2.70. The maximum Gasteiger partial charge on any atom is 0.167 e. The molecule has 0 radical (unpaired) electrons. The molecule has 4 bridgehead atoms. The van der Waals surface area contributed by atoms with Crippen LogP contribution in [-0.4, -0.2) is 15.0 Å². The van der Waals surface area contributed by atoms with Gasteiger partial charge in [0.15, 0.2) is 17.5 Å². The SMILES string of the molecule is c1ccc(-c2nc(-c3ccc4c(c3)C3(c5cccc(-c6ccc7c(c6)oc6ccccc67)c5-4)C4CC5CC(C4)CC3C5)nc(-c3cccc4c3oc3c(-c5ccccc5)cccc34)n2)cc1. The number of hydrogen-bond acceptors (Lipinski definition) is 5. The van der Waals surface area contributed by atoms with Gasteiger partial charge in [-0.2, -0.15) is 0 Å². The first-order valence-electron chi connectivity index (χ1n) is 23.7. The van der Waals surface area contributed by atoms with Gasteiger partial charge in [0.05, 0.1) is 5.56 Å². The topological polar surface area (TPSA) is 65.0 Å². The molecule has 0 amide bonds. The monoisotopic (exact) mass is 849 g/mol. The Bertz CT molecular complexity index is 3760. The van der Waals surface area contributed by atoms with Gasteiger partial charge in [-0.1, -0.05) is 146 Å². The Labute approximate surface area is 381 Å². The van der Waals surface area contributed by atoms with Crippen LogP contribution in [0.1, 0.15) is 43.2 Å². The van der Waals surface area contributed by atoms with Crippen molar-refractivity contribution in [3.63, 3.8) is 0 Å². The van der Waals surface area contributed by atoms with E-state index in [9.17, 15) is 0 Å². The van der Waals surface area contributed by atoms with Crippen molar-refractivity contribution in [2.24, 2.45) is 23.7 Å². The molecule has 314 valence electrons. The van der Waals surface area contributed by atoms with E-state index in [1.165, 1.54) is 65.5 Å². The highest BCUT2D eigenvalue weighted by Gasteiger charge is 2.62. The van der Waals surface area contributed by atoms with Gasteiger partial charge in [-0.3, -0.25) is 0 Å². The summed E-state index contributed by atoms with van der Waals surface area (Å²) in [7, 11) is 0. The molecule has 0 atom stereocenters. The van der Waals surface area contributed by atoms with E-state index < -0.39 is 0 Å². The lowest BCUT2D eigenvalue weighted by atomic mass is 9.43. The predicted molar refractivity (Wildman–Crippen MR) is 265 cm³/mol. The molecule has 4 saturated carbocycles. The van der Waals surface area contributed by atoms with Crippen LogP contribution >= 0.6 is 0 Å². The standard InChI is InChI=1S/C61H43N3O2/c1-3-12-37(13-4-1)44-18-9-19-47-48-20-10-21-50(57(48)66-56(44)47)60-63-58(38-14-5-2-6-15-38)62-59(64-60)40-25-27-49-52(33-40)61(41-29-35-28-36(31-41)32-42(61)30-35)51-22-11-17-43(55(49)51)39-24-26-46-45-16-7-8-23-53(45)65-54(46)34-39/h1-27,33-36,41-42H,28-32H2. The smallest absolute Gasteiger partial charge is 0.167 e. The molecule has 0 aliphatic heterocycles. The van der Waals surface area contributed by atoms with Gasteiger partial charge < -0.3 is 8.83 Å². The second-order valence-electron chi connectivity index (χ2n) is 19.5. The highest BCUT2D eigenvalue weighted by atomic mass is 16.3. The van der Waals surface area contributed by atoms with E-state index in [2.05, 4.69) is 158 Å². The van der Waals surface area contributed by atoms with Crippen LogP contribution in [0.5, 0.6) is 0 Å². The molecule has 8 aromatic carbocycles. The summed E-state index contributed by atoms with van der Waals surface area (Å²) in [6, 6.07) is 63.0. The van der Waals surface area contributed by atoms with Crippen molar-refractivity contribution >= 4 is 43.9 Å². The van der Waals surface area contributed by atoms with Crippen molar-refractivity contribution in [2.45, 2.75) is 37.5 Å². The number of hydrogen-bond donors (Lipinski definition) is 0. The van der Waals surface area contributed by atoms with Gasteiger partial charge in [0.2, 0.25) is 0 Å². The number of benzene rings is 8. The normalized spacial score (nSPS) is 21.4. The lowest BCUT2D eigenvalue weighted by Crippen LogP contribution is -2.55. The number of para-hydroxylation sites is 3. The zero-order valence-electron chi connectivity index (χ0n) is 36.2. The van der Waals surface area contributed by atoms with Gasteiger partial charge in [0.25, 0.3) is 0 Å². The van der Waals surface area contributed by atoms with Gasteiger partial charge in [-0.25, -0.2) is 15.0 Å². The van der Waals surface area contributed by atoms with Crippen molar-refractivity contribution in [3.8, 4) is 67.5 Å². The first kappa shape index (κ1) is 36.7. The van der Waals surface area contributed by atoms with Crippen molar-refractivity contribution < 1.29 is 8.83 Å². The van der Waals surface area contributed by atoms with E-state index in [1.54, 1.807) is 0 Å². The zero-order valence-corrected chi connectivity index (χ0v) is 36.2. The highest BCUT2D eigenvalue weighted by molar-refractivity contribution is 6.13. The fourth-order valence-corrected chi connectivity index (χ4v) is 13.7. The summed E-state index contributed by atoms with van der Waals surface area (Å²) in [4.78, 5) is 16.0. The Balaban J connectivity index is 0.935. The van der Waals surface area contributed by atoms with E-state index in [0.29, 0.717) is 29.3 Å². The molecule has 5 nitrogen and oxygen atoms in total. The Morgan fingerprint density at radius 3 is 1.73 bits per heavy atom. The lowest BCUT2D eigenvalue weighted by Gasteiger charge is -2.61.